The Labute approximate surface area is 96.5 Å². The summed E-state index contributed by atoms with van der Waals surface area (Å²) in [6, 6.07) is 0. The fraction of sp³-hybridized carbons (Fsp3) is 0.909. The minimum Gasteiger partial charge on any atom is -0.380 e. The van der Waals surface area contributed by atoms with E-state index in [1.807, 2.05) is 0 Å². The normalized spacial score (nSPS) is 24.8. The van der Waals surface area contributed by atoms with Crippen LogP contribution in [0.5, 0.6) is 0 Å². The number of nitrogens with zero attached hydrogens (tertiary/aromatic N) is 1. The Morgan fingerprint density at radius 2 is 2.12 bits per heavy atom. The van der Waals surface area contributed by atoms with Gasteiger partial charge in [0, 0.05) is 38.1 Å². The lowest BCUT2D eigenvalue weighted by Crippen LogP contribution is -2.52. The molecule has 2 rings (SSSR count). The van der Waals surface area contributed by atoms with Crippen molar-refractivity contribution in [3.05, 3.63) is 0 Å². The Bertz CT molecular complexity index is 248. The van der Waals surface area contributed by atoms with Crippen LogP contribution in [0, 0.1) is 5.41 Å². The highest BCUT2D eigenvalue weighted by molar-refractivity contribution is 5.78. The molecule has 2 saturated heterocycles. The van der Waals surface area contributed by atoms with E-state index in [0.717, 1.165) is 45.9 Å². The predicted octanol–water partition coefficient (Wildman–Crippen LogP) is -0.956. The van der Waals surface area contributed by atoms with E-state index in [2.05, 4.69) is 22.5 Å². The van der Waals surface area contributed by atoms with E-state index < -0.39 is 0 Å². The van der Waals surface area contributed by atoms with Gasteiger partial charge in [0.2, 0.25) is 5.91 Å². The fourth-order valence-electron chi connectivity index (χ4n) is 1.99. The molecular weight excluding hydrogens is 206 g/mol. The van der Waals surface area contributed by atoms with Crippen molar-refractivity contribution in [3.63, 3.8) is 0 Å². The van der Waals surface area contributed by atoms with E-state index in [0.29, 0.717) is 6.54 Å². The number of carbonyl (C=O) groups excluding carboxylic acids is 1. The van der Waals surface area contributed by atoms with Crippen molar-refractivity contribution in [2.45, 2.75) is 6.92 Å². The first-order chi connectivity index (χ1) is 7.68. The molecule has 2 N–H and O–H groups in total. The molecule has 0 saturated carbocycles. The van der Waals surface area contributed by atoms with Crippen LogP contribution in [0.25, 0.3) is 0 Å². The summed E-state index contributed by atoms with van der Waals surface area (Å²) in [5.41, 5.74) is 0.166. The Kier molecular flexibility index (Phi) is 3.78. The van der Waals surface area contributed by atoms with Crippen LogP contribution in [0.3, 0.4) is 0 Å². The van der Waals surface area contributed by atoms with Crippen LogP contribution in [0.4, 0.5) is 0 Å². The molecule has 0 aromatic heterocycles. The van der Waals surface area contributed by atoms with Crippen molar-refractivity contribution < 1.29 is 9.53 Å². The number of piperazine rings is 1. The van der Waals surface area contributed by atoms with E-state index >= 15 is 0 Å². The molecule has 16 heavy (non-hydrogen) atoms. The third-order valence-electron chi connectivity index (χ3n) is 3.19. The lowest BCUT2D eigenvalue weighted by atomic mass is 9.89. The zero-order valence-corrected chi connectivity index (χ0v) is 9.92. The highest BCUT2D eigenvalue weighted by atomic mass is 16.5. The lowest BCUT2D eigenvalue weighted by molar-refractivity contribution is -0.127. The summed E-state index contributed by atoms with van der Waals surface area (Å²) in [5, 5.41) is 6.26. The van der Waals surface area contributed by atoms with Crippen molar-refractivity contribution in [2.75, 3.05) is 52.5 Å². The van der Waals surface area contributed by atoms with E-state index in [4.69, 9.17) is 4.74 Å². The van der Waals surface area contributed by atoms with Gasteiger partial charge in [-0.2, -0.15) is 0 Å². The molecule has 0 spiro atoms. The number of nitrogens with one attached hydrogen (secondary N) is 2. The molecular formula is C11H21N3O2. The number of hydrogen-bond acceptors (Lipinski definition) is 4. The molecule has 2 heterocycles. The van der Waals surface area contributed by atoms with Crippen molar-refractivity contribution in [1.82, 2.24) is 15.5 Å². The Morgan fingerprint density at radius 1 is 1.44 bits per heavy atom. The average Bonchev–Trinajstić information content (AvgIpc) is 2.25. The number of ether oxygens (including phenoxy) is 1. The zero-order chi connectivity index (χ0) is 11.4. The van der Waals surface area contributed by atoms with Gasteiger partial charge in [-0.25, -0.2) is 0 Å². The predicted molar refractivity (Wildman–Crippen MR) is 61.2 cm³/mol. The van der Waals surface area contributed by atoms with E-state index in [9.17, 15) is 4.79 Å². The third-order valence-corrected chi connectivity index (χ3v) is 3.19. The first-order valence-electron chi connectivity index (χ1n) is 5.96. The standard InChI is InChI=1S/C11H21N3O2/c1-11(8-16-9-11)7-13-10(15)6-14-4-2-12-3-5-14/h12H,2-9H2,1H3,(H,13,15). The summed E-state index contributed by atoms with van der Waals surface area (Å²) in [6.07, 6.45) is 0. The van der Waals surface area contributed by atoms with E-state index in [-0.39, 0.29) is 11.3 Å². The zero-order valence-electron chi connectivity index (χ0n) is 9.92. The van der Waals surface area contributed by atoms with Gasteiger partial charge < -0.3 is 15.4 Å². The Morgan fingerprint density at radius 3 is 2.69 bits per heavy atom. The maximum Gasteiger partial charge on any atom is 0.234 e. The van der Waals surface area contributed by atoms with Crippen LogP contribution in [-0.2, 0) is 9.53 Å². The molecule has 2 aliphatic heterocycles. The van der Waals surface area contributed by atoms with Crippen LogP contribution in [0.15, 0.2) is 0 Å². The second kappa shape index (κ2) is 5.12. The third kappa shape index (κ3) is 3.17. The Balaban J connectivity index is 1.63. The van der Waals surface area contributed by atoms with E-state index in [1.165, 1.54) is 0 Å². The van der Waals surface area contributed by atoms with Gasteiger partial charge in [-0.3, -0.25) is 9.69 Å². The van der Waals surface area contributed by atoms with Gasteiger partial charge in [0.15, 0.2) is 0 Å². The summed E-state index contributed by atoms with van der Waals surface area (Å²) in [7, 11) is 0. The number of rotatable bonds is 4. The van der Waals surface area contributed by atoms with Gasteiger partial charge in [0.1, 0.15) is 0 Å². The summed E-state index contributed by atoms with van der Waals surface area (Å²) in [5.74, 6) is 0.134. The Hall–Kier alpha value is -0.650. The van der Waals surface area contributed by atoms with E-state index in [1.54, 1.807) is 0 Å². The second-order valence-corrected chi connectivity index (χ2v) is 5.11. The topological polar surface area (TPSA) is 53.6 Å². The monoisotopic (exact) mass is 227 g/mol. The summed E-state index contributed by atoms with van der Waals surface area (Å²) < 4.78 is 5.15. The summed E-state index contributed by atoms with van der Waals surface area (Å²) in [4.78, 5) is 13.9. The van der Waals surface area contributed by atoms with Crippen LogP contribution in [0.1, 0.15) is 6.92 Å². The minimum absolute atomic E-state index is 0.134. The average molecular weight is 227 g/mol. The van der Waals surface area contributed by atoms with Gasteiger partial charge in [-0.05, 0) is 0 Å². The molecule has 0 aliphatic carbocycles. The van der Waals surface area contributed by atoms with Gasteiger partial charge in [-0.1, -0.05) is 6.92 Å². The van der Waals surface area contributed by atoms with Crippen molar-refractivity contribution >= 4 is 5.91 Å². The lowest BCUT2D eigenvalue weighted by Gasteiger charge is -2.38. The second-order valence-electron chi connectivity index (χ2n) is 5.11. The molecule has 0 aromatic carbocycles. The summed E-state index contributed by atoms with van der Waals surface area (Å²) >= 11 is 0. The van der Waals surface area contributed by atoms with Crippen molar-refractivity contribution in [1.29, 1.82) is 0 Å². The van der Waals surface area contributed by atoms with Gasteiger partial charge in [0.05, 0.1) is 19.8 Å². The first kappa shape index (κ1) is 11.8. The molecule has 0 atom stereocenters. The number of carbonyl (C=O) groups is 1. The SMILES string of the molecule is CC1(CNC(=O)CN2CCNCC2)COC1. The molecule has 2 fully saturated rings. The smallest absolute Gasteiger partial charge is 0.234 e. The molecule has 0 aromatic rings. The molecule has 2 aliphatic rings. The molecule has 5 heteroatoms. The number of amides is 1. The van der Waals surface area contributed by atoms with Crippen molar-refractivity contribution in [3.8, 4) is 0 Å². The largest absolute Gasteiger partial charge is 0.380 e. The number of hydrogen-bond donors (Lipinski definition) is 2. The fourth-order valence-corrected chi connectivity index (χ4v) is 1.99. The minimum atomic E-state index is 0.134. The molecule has 92 valence electrons. The van der Waals surface area contributed by atoms with Crippen LogP contribution < -0.4 is 10.6 Å². The van der Waals surface area contributed by atoms with Crippen LogP contribution in [0.2, 0.25) is 0 Å². The molecule has 0 radical (unpaired) electrons. The van der Waals surface area contributed by atoms with Gasteiger partial charge in [0.25, 0.3) is 0 Å². The quantitative estimate of drug-likeness (QED) is 0.650. The first-order valence-corrected chi connectivity index (χ1v) is 5.96. The maximum absolute atomic E-state index is 11.7. The molecule has 0 bridgehead atoms. The highest BCUT2D eigenvalue weighted by Gasteiger charge is 2.33. The summed E-state index contributed by atoms with van der Waals surface area (Å²) in [6.45, 7) is 8.83. The van der Waals surface area contributed by atoms with Gasteiger partial charge in [-0.15, -0.1) is 0 Å². The van der Waals surface area contributed by atoms with Crippen molar-refractivity contribution in [2.24, 2.45) is 5.41 Å². The highest BCUT2D eigenvalue weighted by Crippen LogP contribution is 2.24. The molecule has 0 unspecified atom stereocenters. The maximum atomic E-state index is 11.7. The van der Waals surface area contributed by atoms with Gasteiger partial charge >= 0.3 is 0 Å². The molecule has 5 nitrogen and oxygen atoms in total. The van der Waals surface area contributed by atoms with Crippen LogP contribution in [-0.4, -0.2) is 63.3 Å². The molecule has 1 amide bonds. The van der Waals surface area contributed by atoms with Crippen LogP contribution >= 0.6 is 0 Å².